The van der Waals surface area contributed by atoms with Gasteiger partial charge in [0.15, 0.2) is 0 Å². The zero-order valence-corrected chi connectivity index (χ0v) is 12.3. The highest BCUT2D eigenvalue weighted by molar-refractivity contribution is 4.98. The lowest BCUT2D eigenvalue weighted by molar-refractivity contribution is -0.0971. The fourth-order valence-electron chi connectivity index (χ4n) is 3.16. The van der Waals surface area contributed by atoms with E-state index in [0.717, 1.165) is 31.9 Å². The van der Waals surface area contributed by atoms with Crippen LogP contribution in [0, 0.1) is 18.3 Å². The smallest absolute Gasteiger partial charge is 0.0835 e. The van der Waals surface area contributed by atoms with E-state index in [1.54, 1.807) is 0 Å². The van der Waals surface area contributed by atoms with Gasteiger partial charge in [-0.25, -0.2) is 0 Å². The van der Waals surface area contributed by atoms with Gasteiger partial charge in [-0.15, -0.1) is 12.3 Å². The molecule has 1 saturated carbocycles. The second kappa shape index (κ2) is 7.81. The lowest BCUT2D eigenvalue weighted by Gasteiger charge is -2.45. The third-order valence-corrected chi connectivity index (χ3v) is 4.22. The Balaban J connectivity index is 2.74. The summed E-state index contributed by atoms with van der Waals surface area (Å²) >= 11 is 0. The summed E-state index contributed by atoms with van der Waals surface area (Å²) in [4.78, 5) is 0. The summed E-state index contributed by atoms with van der Waals surface area (Å²) in [5.74, 6) is 3.61. The van der Waals surface area contributed by atoms with Gasteiger partial charge in [-0.1, -0.05) is 13.8 Å². The number of hydrogen-bond acceptors (Lipinski definition) is 2. The maximum absolute atomic E-state index is 6.20. The SMILES string of the molecule is C#CCCC(NCC)C1(OCC)CCC(C)CC1. The molecule has 1 rings (SSSR count). The molecule has 0 aromatic heterocycles. The van der Waals surface area contributed by atoms with E-state index in [4.69, 9.17) is 11.2 Å². The monoisotopic (exact) mass is 251 g/mol. The van der Waals surface area contributed by atoms with Gasteiger partial charge in [-0.05, 0) is 51.5 Å². The number of ether oxygens (including phenoxy) is 1. The number of hydrogen-bond donors (Lipinski definition) is 1. The Morgan fingerprint density at radius 2 is 2.06 bits per heavy atom. The van der Waals surface area contributed by atoms with Crippen molar-refractivity contribution in [1.82, 2.24) is 5.32 Å². The highest BCUT2D eigenvalue weighted by atomic mass is 16.5. The summed E-state index contributed by atoms with van der Waals surface area (Å²) in [6.45, 7) is 8.39. The Bertz CT molecular complexity index is 261. The van der Waals surface area contributed by atoms with Gasteiger partial charge in [0.1, 0.15) is 0 Å². The predicted molar refractivity (Wildman–Crippen MR) is 77.5 cm³/mol. The first-order valence-electron chi connectivity index (χ1n) is 7.49. The molecule has 0 spiro atoms. The van der Waals surface area contributed by atoms with Gasteiger partial charge in [-0.2, -0.15) is 0 Å². The first-order valence-corrected chi connectivity index (χ1v) is 7.49. The minimum atomic E-state index is 0.0219. The highest BCUT2D eigenvalue weighted by Crippen LogP contribution is 2.38. The predicted octanol–water partition coefficient (Wildman–Crippen LogP) is 3.36. The van der Waals surface area contributed by atoms with Crippen LogP contribution in [0.25, 0.3) is 0 Å². The molecule has 0 bridgehead atoms. The minimum Gasteiger partial charge on any atom is -0.374 e. The maximum Gasteiger partial charge on any atom is 0.0835 e. The normalized spacial score (nSPS) is 29.8. The van der Waals surface area contributed by atoms with Crippen LogP contribution in [0.3, 0.4) is 0 Å². The van der Waals surface area contributed by atoms with Crippen LogP contribution in [0.2, 0.25) is 0 Å². The first kappa shape index (κ1) is 15.5. The van der Waals surface area contributed by atoms with Crippen molar-refractivity contribution < 1.29 is 4.74 Å². The average molecular weight is 251 g/mol. The maximum atomic E-state index is 6.20. The Hall–Kier alpha value is -0.520. The van der Waals surface area contributed by atoms with E-state index in [1.807, 2.05) is 0 Å². The Morgan fingerprint density at radius 3 is 2.56 bits per heavy atom. The lowest BCUT2D eigenvalue weighted by atomic mass is 9.74. The van der Waals surface area contributed by atoms with Crippen LogP contribution in [0.15, 0.2) is 0 Å². The van der Waals surface area contributed by atoms with Crippen LogP contribution < -0.4 is 5.32 Å². The van der Waals surface area contributed by atoms with Crippen molar-refractivity contribution in [1.29, 1.82) is 0 Å². The number of rotatable bonds is 7. The van der Waals surface area contributed by atoms with Crippen molar-refractivity contribution in [2.75, 3.05) is 13.2 Å². The van der Waals surface area contributed by atoms with E-state index < -0.39 is 0 Å². The van der Waals surface area contributed by atoms with Gasteiger partial charge in [0.25, 0.3) is 0 Å². The molecule has 0 heterocycles. The first-order chi connectivity index (χ1) is 8.68. The summed E-state index contributed by atoms with van der Waals surface area (Å²) in [7, 11) is 0. The third kappa shape index (κ3) is 4.00. The molecule has 0 aromatic rings. The van der Waals surface area contributed by atoms with E-state index in [1.165, 1.54) is 25.7 Å². The Morgan fingerprint density at radius 1 is 1.39 bits per heavy atom. The molecule has 18 heavy (non-hydrogen) atoms. The molecule has 0 aliphatic heterocycles. The van der Waals surface area contributed by atoms with Gasteiger partial charge in [0, 0.05) is 19.1 Å². The number of terminal acetylenes is 1. The summed E-state index contributed by atoms with van der Waals surface area (Å²) in [6, 6.07) is 0.408. The standard InChI is InChI=1S/C16H29NO/c1-5-8-9-15(17-6-2)16(18-7-3)12-10-14(4)11-13-16/h1,14-15,17H,6-13H2,2-4H3. The van der Waals surface area contributed by atoms with Crippen molar-refractivity contribution >= 4 is 0 Å². The van der Waals surface area contributed by atoms with Crippen molar-refractivity contribution in [2.45, 2.75) is 70.9 Å². The van der Waals surface area contributed by atoms with Gasteiger partial charge >= 0.3 is 0 Å². The van der Waals surface area contributed by atoms with Gasteiger partial charge in [0.05, 0.1) is 5.60 Å². The van der Waals surface area contributed by atoms with Crippen LogP contribution in [-0.4, -0.2) is 24.8 Å². The Kier molecular flexibility index (Phi) is 6.75. The van der Waals surface area contributed by atoms with Crippen molar-refractivity contribution in [3.63, 3.8) is 0 Å². The zero-order chi connectivity index (χ0) is 13.4. The minimum absolute atomic E-state index is 0.0219. The molecule has 1 fully saturated rings. The molecule has 1 aliphatic carbocycles. The largest absolute Gasteiger partial charge is 0.374 e. The summed E-state index contributed by atoms with van der Waals surface area (Å²) in [6.07, 6.45) is 12.2. The Labute approximate surface area is 113 Å². The molecule has 104 valence electrons. The van der Waals surface area contributed by atoms with Gasteiger partial charge in [-0.3, -0.25) is 0 Å². The molecule has 1 atom stereocenters. The van der Waals surface area contributed by atoms with Crippen LogP contribution in [0.1, 0.15) is 59.3 Å². The second-order valence-corrected chi connectivity index (χ2v) is 5.53. The van der Waals surface area contributed by atoms with E-state index in [0.29, 0.717) is 6.04 Å². The summed E-state index contributed by atoms with van der Waals surface area (Å²) in [5.41, 5.74) is 0.0219. The van der Waals surface area contributed by atoms with Crippen molar-refractivity contribution in [2.24, 2.45) is 5.92 Å². The molecule has 1 unspecified atom stereocenters. The van der Waals surface area contributed by atoms with E-state index in [-0.39, 0.29) is 5.60 Å². The lowest BCUT2D eigenvalue weighted by Crippen LogP contribution is -2.54. The fraction of sp³-hybridized carbons (Fsp3) is 0.875. The van der Waals surface area contributed by atoms with Gasteiger partial charge < -0.3 is 10.1 Å². The van der Waals surface area contributed by atoms with Crippen LogP contribution in [-0.2, 0) is 4.74 Å². The molecule has 0 aromatic carbocycles. The quantitative estimate of drug-likeness (QED) is 0.701. The molecule has 1 N–H and O–H groups in total. The molecular formula is C16H29NO. The fourth-order valence-corrected chi connectivity index (χ4v) is 3.16. The third-order valence-electron chi connectivity index (χ3n) is 4.22. The molecule has 0 saturated heterocycles. The molecule has 0 amide bonds. The second-order valence-electron chi connectivity index (χ2n) is 5.53. The number of nitrogens with one attached hydrogen (secondary N) is 1. The molecule has 2 nitrogen and oxygen atoms in total. The summed E-state index contributed by atoms with van der Waals surface area (Å²) < 4.78 is 6.20. The molecule has 1 aliphatic rings. The molecule has 0 radical (unpaired) electrons. The molecule has 2 heteroatoms. The highest BCUT2D eigenvalue weighted by Gasteiger charge is 2.41. The zero-order valence-electron chi connectivity index (χ0n) is 12.3. The topological polar surface area (TPSA) is 21.3 Å². The molecular weight excluding hydrogens is 222 g/mol. The van der Waals surface area contributed by atoms with E-state index in [2.05, 4.69) is 32.0 Å². The van der Waals surface area contributed by atoms with Crippen molar-refractivity contribution in [3.05, 3.63) is 0 Å². The van der Waals surface area contributed by atoms with Crippen LogP contribution in [0.5, 0.6) is 0 Å². The van der Waals surface area contributed by atoms with Crippen molar-refractivity contribution in [3.8, 4) is 12.3 Å². The summed E-state index contributed by atoms with van der Waals surface area (Å²) in [5, 5.41) is 3.61. The van der Waals surface area contributed by atoms with E-state index in [9.17, 15) is 0 Å². The number of likely N-dealkylation sites (N-methyl/N-ethyl adjacent to an activating group) is 1. The van der Waals surface area contributed by atoms with E-state index >= 15 is 0 Å². The average Bonchev–Trinajstić information content (AvgIpc) is 2.38. The van der Waals surface area contributed by atoms with Crippen LogP contribution in [0.4, 0.5) is 0 Å². The van der Waals surface area contributed by atoms with Crippen LogP contribution >= 0.6 is 0 Å². The van der Waals surface area contributed by atoms with Gasteiger partial charge in [0.2, 0.25) is 0 Å².